The molecule has 1 aromatic carbocycles. The van der Waals surface area contributed by atoms with Crippen molar-refractivity contribution in [2.75, 3.05) is 7.11 Å². The number of hydrogen-bond donors (Lipinski definition) is 0. The number of methoxy groups -OCH3 is 1. The van der Waals surface area contributed by atoms with Gasteiger partial charge in [-0.2, -0.15) is 5.10 Å². The lowest BCUT2D eigenvalue weighted by Gasteiger charge is -2.07. The van der Waals surface area contributed by atoms with Gasteiger partial charge in [-0.1, -0.05) is 28.1 Å². The first-order chi connectivity index (χ1) is 9.56. The van der Waals surface area contributed by atoms with Gasteiger partial charge in [0.15, 0.2) is 0 Å². The maximum absolute atomic E-state index is 11.9. The molecule has 0 N–H and O–H groups in total. The molecule has 106 valence electrons. The first-order valence-electron chi connectivity index (χ1n) is 6.45. The molecule has 0 aliphatic heterocycles. The molecule has 2 rings (SSSR count). The van der Waals surface area contributed by atoms with Gasteiger partial charge in [0, 0.05) is 17.4 Å². The van der Waals surface area contributed by atoms with Crippen molar-refractivity contribution in [2.45, 2.75) is 26.8 Å². The number of halogens is 1. The van der Waals surface area contributed by atoms with Crippen molar-refractivity contribution in [3.63, 3.8) is 0 Å². The van der Waals surface area contributed by atoms with Gasteiger partial charge in [-0.25, -0.2) is 4.79 Å². The molecule has 0 atom stereocenters. The Bertz CT molecular complexity index is 618. The van der Waals surface area contributed by atoms with Gasteiger partial charge in [0.2, 0.25) is 0 Å². The van der Waals surface area contributed by atoms with E-state index in [9.17, 15) is 4.79 Å². The molecule has 1 heterocycles. The fourth-order valence-electron chi connectivity index (χ4n) is 2.23. The standard InChI is InChI=1S/C15H17BrN2O2/c1-4-18-13(9-11-5-7-12(16)8-6-11)14(10(2)17-18)15(19)20-3/h5-8H,4,9H2,1-3H3. The van der Waals surface area contributed by atoms with Gasteiger partial charge in [-0.05, 0) is 31.5 Å². The minimum atomic E-state index is -0.325. The lowest BCUT2D eigenvalue weighted by Crippen LogP contribution is -2.09. The summed E-state index contributed by atoms with van der Waals surface area (Å²) in [5.74, 6) is -0.325. The Morgan fingerprint density at radius 3 is 2.55 bits per heavy atom. The molecule has 0 aliphatic rings. The summed E-state index contributed by atoms with van der Waals surface area (Å²) in [6.45, 7) is 4.58. The average Bonchev–Trinajstić information content (AvgIpc) is 2.76. The molecule has 0 radical (unpaired) electrons. The third-order valence-corrected chi connectivity index (χ3v) is 3.74. The minimum absolute atomic E-state index is 0.325. The van der Waals surface area contributed by atoms with Crippen LogP contribution in [0, 0.1) is 6.92 Å². The van der Waals surface area contributed by atoms with E-state index in [0.29, 0.717) is 17.7 Å². The summed E-state index contributed by atoms with van der Waals surface area (Å²) in [6, 6.07) is 8.06. The molecular weight excluding hydrogens is 320 g/mol. The van der Waals surface area contributed by atoms with Crippen molar-refractivity contribution in [1.82, 2.24) is 9.78 Å². The zero-order chi connectivity index (χ0) is 14.7. The van der Waals surface area contributed by atoms with Crippen molar-refractivity contribution in [2.24, 2.45) is 0 Å². The molecule has 0 bridgehead atoms. The molecule has 5 heteroatoms. The van der Waals surface area contributed by atoms with Crippen molar-refractivity contribution in [3.05, 3.63) is 51.3 Å². The van der Waals surface area contributed by atoms with Crippen LogP contribution >= 0.6 is 15.9 Å². The Labute approximate surface area is 126 Å². The third kappa shape index (κ3) is 2.93. The Morgan fingerprint density at radius 1 is 1.35 bits per heavy atom. The molecule has 0 spiro atoms. The number of esters is 1. The summed E-state index contributed by atoms with van der Waals surface area (Å²) in [6.07, 6.45) is 0.659. The van der Waals surface area contributed by atoms with E-state index in [-0.39, 0.29) is 5.97 Å². The van der Waals surface area contributed by atoms with Gasteiger partial charge in [-0.3, -0.25) is 4.68 Å². The Hall–Kier alpha value is -1.62. The van der Waals surface area contributed by atoms with Gasteiger partial charge in [0.1, 0.15) is 5.56 Å². The maximum Gasteiger partial charge on any atom is 0.341 e. The van der Waals surface area contributed by atoms with E-state index in [1.807, 2.05) is 42.8 Å². The average molecular weight is 337 g/mol. The van der Waals surface area contributed by atoms with E-state index < -0.39 is 0 Å². The summed E-state index contributed by atoms with van der Waals surface area (Å²) >= 11 is 3.42. The van der Waals surface area contributed by atoms with E-state index in [1.54, 1.807) is 0 Å². The normalized spacial score (nSPS) is 10.6. The van der Waals surface area contributed by atoms with Gasteiger partial charge in [-0.15, -0.1) is 0 Å². The topological polar surface area (TPSA) is 44.1 Å². The molecule has 0 fully saturated rings. The molecule has 1 aromatic heterocycles. The van der Waals surface area contributed by atoms with Crippen molar-refractivity contribution in [3.8, 4) is 0 Å². The number of aryl methyl sites for hydroxylation is 2. The van der Waals surface area contributed by atoms with Gasteiger partial charge >= 0.3 is 5.97 Å². The fraction of sp³-hybridized carbons (Fsp3) is 0.333. The van der Waals surface area contributed by atoms with Gasteiger partial charge in [0.25, 0.3) is 0 Å². The third-order valence-electron chi connectivity index (χ3n) is 3.21. The highest BCUT2D eigenvalue weighted by molar-refractivity contribution is 9.10. The molecule has 4 nitrogen and oxygen atoms in total. The van der Waals surface area contributed by atoms with Gasteiger partial charge in [0.05, 0.1) is 18.5 Å². The monoisotopic (exact) mass is 336 g/mol. The number of ether oxygens (including phenoxy) is 1. The number of nitrogens with zero attached hydrogens (tertiary/aromatic N) is 2. The molecule has 0 unspecified atom stereocenters. The van der Waals surface area contributed by atoms with Crippen LogP contribution in [-0.4, -0.2) is 22.9 Å². The maximum atomic E-state index is 11.9. The summed E-state index contributed by atoms with van der Waals surface area (Å²) < 4.78 is 7.77. The van der Waals surface area contributed by atoms with Crippen LogP contribution in [0.3, 0.4) is 0 Å². The molecule has 20 heavy (non-hydrogen) atoms. The smallest absolute Gasteiger partial charge is 0.341 e. The number of aromatic nitrogens is 2. The van der Waals surface area contributed by atoms with E-state index in [4.69, 9.17) is 4.74 Å². The number of benzene rings is 1. The Morgan fingerprint density at radius 2 is 2.00 bits per heavy atom. The largest absolute Gasteiger partial charge is 0.465 e. The van der Waals surface area contributed by atoms with E-state index >= 15 is 0 Å². The summed E-state index contributed by atoms with van der Waals surface area (Å²) in [4.78, 5) is 11.9. The van der Waals surface area contributed by atoms with E-state index in [1.165, 1.54) is 7.11 Å². The van der Waals surface area contributed by atoms with Crippen molar-refractivity contribution < 1.29 is 9.53 Å². The first-order valence-corrected chi connectivity index (χ1v) is 7.25. The molecule has 0 saturated carbocycles. The SMILES string of the molecule is CCn1nc(C)c(C(=O)OC)c1Cc1ccc(Br)cc1. The first kappa shape index (κ1) is 14.8. The van der Waals surface area contributed by atoms with E-state index in [0.717, 1.165) is 22.3 Å². The molecule has 0 amide bonds. The van der Waals surface area contributed by atoms with Crippen LogP contribution in [0.5, 0.6) is 0 Å². The number of carbonyl (C=O) groups is 1. The molecule has 0 aliphatic carbocycles. The highest BCUT2D eigenvalue weighted by atomic mass is 79.9. The number of hydrogen-bond acceptors (Lipinski definition) is 3. The van der Waals surface area contributed by atoms with Crippen LogP contribution in [0.2, 0.25) is 0 Å². The highest BCUT2D eigenvalue weighted by Crippen LogP contribution is 2.20. The van der Waals surface area contributed by atoms with Crippen molar-refractivity contribution >= 4 is 21.9 Å². The summed E-state index contributed by atoms with van der Waals surface area (Å²) in [5, 5.41) is 4.42. The summed E-state index contributed by atoms with van der Waals surface area (Å²) in [5.41, 5.74) is 3.33. The quantitative estimate of drug-likeness (QED) is 0.804. The zero-order valence-electron chi connectivity index (χ0n) is 11.8. The fourth-order valence-corrected chi connectivity index (χ4v) is 2.50. The highest BCUT2D eigenvalue weighted by Gasteiger charge is 2.21. The molecule has 0 saturated heterocycles. The van der Waals surface area contributed by atoms with Crippen molar-refractivity contribution in [1.29, 1.82) is 0 Å². The molecular formula is C15H17BrN2O2. The van der Waals surface area contributed by atoms with Gasteiger partial charge < -0.3 is 4.74 Å². The second kappa shape index (κ2) is 6.22. The predicted molar refractivity (Wildman–Crippen MR) is 80.9 cm³/mol. The Balaban J connectivity index is 2.43. The second-order valence-electron chi connectivity index (χ2n) is 4.52. The van der Waals surface area contributed by atoms with E-state index in [2.05, 4.69) is 21.0 Å². The second-order valence-corrected chi connectivity index (χ2v) is 5.43. The van der Waals surface area contributed by atoms with Crippen LogP contribution in [-0.2, 0) is 17.7 Å². The molecule has 2 aromatic rings. The van der Waals surface area contributed by atoms with Crippen LogP contribution in [0.15, 0.2) is 28.7 Å². The van der Waals surface area contributed by atoms with Crippen LogP contribution in [0.25, 0.3) is 0 Å². The van der Waals surface area contributed by atoms with Crippen LogP contribution < -0.4 is 0 Å². The zero-order valence-corrected chi connectivity index (χ0v) is 13.4. The lowest BCUT2D eigenvalue weighted by molar-refractivity contribution is 0.0598. The lowest BCUT2D eigenvalue weighted by atomic mass is 10.1. The number of carbonyl (C=O) groups excluding carboxylic acids is 1. The van der Waals surface area contributed by atoms with Crippen LogP contribution in [0.4, 0.5) is 0 Å². The predicted octanol–water partition coefficient (Wildman–Crippen LogP) is 3.35. The van der Waals surface area contributed by atoms with Crippen LogP contribution in [0.1, 0.15) is 34.2 Å². The number of rotatable bonds is 4. The summed E-state index contributed by atoms with van der Waals surface area (Å²) in [7, 11) is 1.40. The minimum Gasteiger partial charge on any atom is -0.465 e. The Kier molecular flexibility index (Phi) is 4.60.